The smallest absolute Gasteiger partial charge is 0.325 e. The van der Waals surface area contributed by atoms with Crippen LogP contribution in [0.25, 0.3) is 0 Å². The quantitative estimate of drug-likeness (QED) is 0.761. The highest BCUT2D eigenvalue weighted by atomic mass is 16.5. The van der Waals surface area contributed by atoms with Gasteiger partial charge in [0.05, 0.1) is 20.3 Å². The Kier molecular flexibility index (Phi) is 3.92. The molecule has 0 N–H and O–H groups in total. The van der Waals surface area contributed by atoms with Crippen LogP contribution in [-0.4, -0.2) is 39.9 Å². The number of anilines is 1. The molecule has 1 heterocycles. The van der Waals surface area contributed by atoms with Crippen molar-refractivity contribution >= 4 is 11.7 Å². The van der Waals surface area contributed by atoms with Gasteiger partial charge in [-0.2, -0.15) is 0 Å². The molecule has 1 aliphatic rings. The first-order valence-electron chi connectivity index (χ1n) is 5.88. The van der Waals surface area contributed by atoms with Crippen LogP contribution in [0.1, 0.15) is 6.42 Å². The summed E-state index contributed by atoms with van der Waals surface area (Å²) in [6.07, 6.45) is 0.877. The molecular formula is C13H17NO4. The van der Waals surface area contributed by atoms with Crippen LogP contribution in [0.4, 0.5) is 5.69 Å². The SMILES string of the molecule is COC(=O)CN(C)c1ccc2c(c1)OCCCO2. The predicted octanol–water partition coefficient (Wildman–Crippen LogP) is 1.46. The summed E-state index contributed by atoms with van der Waals surface area (Å²) in [6, 6.07) is 5.64. The maximum atomic E-state index is 11.2. The highest BCUT2D eigenvalue weighted by molar-refractivity contribution is 5.75. The van der Waals surface area contributed by atoms with Gasteiger partial charge in [0.1, 0.15) is 6.54 Å². The third-order valence-corrected chi connectivity index (χ3v) is 2.77. The lowest BCUT2D eigenvalue weighted by Gasteiger charge is -2.19. The summed E-state index contributed by atoms with van der Waals surface area (Å²) < 4.78 is 15.8. The zero-order valence-electron chi connectivity index (χ0n) is 10.6. The zero-order chi connectivity index (χ0) is 13.0. The van der Waals surface area contributed by atoms with E-state index in [1.807, 2.05) is 25.2 Å². The fraction of sp³-hybridized carbons (Fsp3) is 0.462. The van der Waals surface area contributed by atoms with E-state index in [1.54, 1.807) is 4.90 Å². The molecule has 0 radical (unpaired) electrons. The molecule has 2 rings (SSSR count). The van der Waals surface area contributed by atoms with Crippen molar-refractivity contribution in [1.82, 2.24) is 0 Å². The van der Waals surface area contributed by atoms with E-state index in [1.165, 1.54) is 7.11 Å². The topological polar surface area (TPSA) is 48.0 Å². The Labute approximate surface area is 106 Å². The van der Waals surface area contributed by atoms with Crippen molar-refractivity contribution in [2.45, 2.75) is 6.42 Å². The van der Waals surface area contributed by atoms with Crippen LogP contribution >= 0.6 is 0 Å². The second-order valence-electron chi connectivity index (χ2n) is 4.11. The lowest BCUT2D eigenvalue weighted by atomic mass is 10.2. The highest BCUT2D eigenvalue weighted by Gasteiger charge is 2.13. The molecule has 5 heteroatoms. The highest BCUT2D eigenvalue weighted by Crippen LogP contribution is 2.33. The summed E-state index contributed by atoms with van der Waals surface area (Å²) >= 11 is 0. The standard InChI is InChI=1S/C13H17NO4/c1-14(9-13(15)16-2)10-4-5-11-12(8-10)18-7-3-6-17-11/h4-5,8H,3,6-7,9H2,1-2H3. The molecule has 1 aromatic carbocycles. The Bertz CT molecular complexity index is 433. The monoisotopic (exact) mass is 251 g/mol. The van der Waals surface area contributed by atoms with Gasteiger partial charge in [-0.25, -0.2) is 0 Å². The number of likely N-dealkylation sites (N-methyl/N-ethyl adjacent to an activating group) is 1. The molecule has 0 fully saturated rings. The minimum absolute atomic E-state index is 0.205. The number of rotatable bonds is 3. The van der Waals surface area contributed by atoms with E-state index in [4.69, 9.17) is 9.47 Å². The Morgan fingerprint density at radius 2 is 2.06 bits per heavy atom. The molecule has 1 aromatic rings. The zero-order valence-corrected chi connectivity index (χ0v) is 10.6. The van der Waals surface area contributed by atoms with Crippen LogP contribution in [-0.2, 0) is 9.53 Å². The lowest BCUT2D eigenvalue weighted by Crippen LogP contribution is -2.26. The number of carbonyl (C=O) groups excluding carboxylic acids is 1. The van der Waals surface area contributed by atoms with Crippen LogP contribution in [0.15, 0.2) is 18.2 Å². The van der Waals surface area contributed by atoms with E-state index in [-0.39, 0.29) is 12.5 Å². The van der Waals surface area contributed by atoms with Gasteiger partial charge in [0, 0.05) is 25.2 Å². The van der Waals surface area contributed by atoms with Gasteiger partial charge in [0.25, 0.3) is 0 Å². The number of fused-ring (bicyclic) bond motifs is 1. The fourth-order valence-corrected chi connectivity index (χ4v) is 1.74. The molecule has 0 aliphatic carbocycles. The molecule has 0 unspecified atom stereocenters. The average molecular weight is 251 g/mol. The van der Waals surface area contributed by atoms with Crippen LogP contribution in [0.2, 0.25) is 0 Å². The molecule has 0 amide bonds. The van der Waals surface area contributed by atoms with Gasteiger partial charge < -0.3 is 19.1 Å². The molecular weight excluding hydrogens is 234 g/mol. The minimum atomic E-state index is -0.274. The molecule has 0 aromatic heterocycles. The molecule has 98 valence electrons. The largest absolute Gasteiger partial charge is 0.490 e. The van der Waals surface area contributed by atoms with Crippen molar-refractivity contribution in [1.29, 1.82) is 0 Å². The van der Waals surface area contributed by atoms with Crippen LogP contribution in [0.3, 0.4) is 0 Å². The van der Waals surface area contributed by atoms with Crippen molar-refractivity contribution in [3.05, 3.63) is 18.2 Å². The first-order chi connectivity index (χ1) is 8.70. The third-order valence-electron chi connectivity index (χ3n) is 2.77. The van der Waals surface area contributed by atoms with E-state index in [0.29, 0.717) is 13.2 Å². The van der Waals surface area contributed by atoms with Gasteiger partial charge in [0.15, 0.2) is 11.5 Å². The van der Waals surface area contributed by atoms with Gasteiger partial charge in [-0.15, -0.1) is 0 Å². The maximum Gasteiger partial charge on any atom is 0.325 e. The van der Waals surface area contributed by atoms with Crippen molar-refractivity contribution in [2.75, 3.05) is 38.8 Å². The Morgan fingerprint density at radius 3 is 2.78 bits per heavy atom. The number of hydrogen-bond donors (Lipinski definition) is 0. The number of methoxy groups -OCH3 is 1. The first-order valence-corrected chi connectivity index (χ1v) is 5.88. The minimum Gasteiger partial charge on any atom is -0.490 e. The molecule has 0 saturated heterocycles. The second-order valence-corrected chi connectivity index (χ2v) is 4.11. The number of esters is 1. The predicted molar refractivity (Wildman–Crippen MR) is 67.3 cm³/mol. The average Bonchev–Trinajstić information content (AvgIpc) is 2.62. The summed E-state index contributed by atoms with van der Waals surface area (Å²) in [5.74, 6) is 1.20. The van der Waals surface area contributed by atoms with Crippen LogP contribution in [0.5, 0.6) is 11.5 Å². The summed E-state index contributed by atoms with van der Waals surface area (Å²) in [5.41, 5.74) is 0.893. The number of nitrogens with zero attached hydrogens (tertiary/aromatic N) is 1. The molecule has 0 atom stereocenters. The molecule has 5 nitrogen and oxygen atoms in total. The van der Waals surface area contributed by atoms with Crippen molar-refractivity contribution in [2.24, 2.45) is 0 Å². The number of hydrogen-bond acceptors (Lipinski definition) is 5. The van der Waals surface area contributed by atoms with Crippen LogP contribution in [0, 0.1) is 0 Å². The van der Waals surface area contributed by atoms with Gasteiger partial charge in [0.2, 0.25) is 0 Å². The van der Waals surface area contributed by atoms with E-state index in [0.717, 1.165) is 23.6 Å². The number of benzene rings is 1. The molecule has 18 heavy (non-hydrogen) atoms. The number of carbonyl (C=O) groups is 1. The van der Waals surface area contributed by atoms with Crippen molar-refractivity contribution < 1.29 is 19.0 Å². The summed E-state index contributed by atoms with van der Waals surface area (Å²) in [7, 11) is 3.21. The Morgan fingerprint density at radius 1 is 1.33 bits per heavy atom. The molecule has 0 saturated carbocycles. The first kappa shape index (κ1) is 12.5. The molecule has 1 aliphatic heterocycles. The van der Waals surface area contributed by atoms with Gasteiger partial charge in [-0.1, -0.05) is 0 Å². The lowest BCUT2D eigenvalue weighted by molar-refractivity contribution is -0.138. The van der Waals surface area contributed by atoms with Crippen molar-refractivity contribution in [3.63, 3.8) is 0 Å². The van der Waals surface area contributed by atoms with Gasteiger partial charge in [-0.3, -0.25) is 4.79 Å². The van der Waals surface area contributed by atoms with Crippen molar-refractivity contribution in [3.8, 4) is 11.5 Å². The molecule has 0 spiro atoms. The second kappa shape index (κ2) is 5.62. The normalized spacial score (nSPS) is 13.7. The van der Waals surface area contributed by atoms with Gasteiger partial charge >= 0.3 is 5.97 Å². The fourth-order valence-electron chi connectivity index (χ4n) is 1.74. The molecule has 0 bridgehead atoms. The Hall–Kier alpha value is -1.91. The summed E-state index contributed by atoms with van der Waals surface area (Å²) in [6.45, 7) is 1.53. The summed E-state index contributed by atoms with van der Waals surface area (Å²) in [5, 5.41) is 0. The number of ether oxygens (including phenoxy) is 3. The van der Waals surface area contributed by atoms with E-state index < -0.39 is 0 Å². The Balaban J connectivity index is 2.14. The van der Waals surface area contributed by atoms with Crippen LogP contribution < -0.4 is 14.4 Å². The van der Waals surface area contributed by atoms with E-state index >= 15 is 0 Å². The van der Waals surface area contributed by atoms with E-state index in [2.05, 4.69) is 4.74 Å². The summed E-state index contributed by atoms with van der Waals surface area (Å²) in [4.78, 5) is 13.0. The maximum absolute atomic E-state index is 11.2. The third kappa shape index (κ3) is 2.85. The van der Waals surface area contributed by atoms with Gasteiger partial charge in [-0.05, 0) is 12.1 Å². The van der Waals surface area contributed by atoms with E-state index in [9.17, 15) is 4.79 Å².